The van der Waals surface area contributed by atoms with Crippen molar-refractivity contribution in [3.05, 3.63) is 29.6 Å². The molecule has 0 saturated heterocycles. The van der Waals surface area contributed by atoms with Gasteiger partial charge in [0.25, 0.3) is 0 Å². The van der Waals surface area contributed by atoms with E-state index in [0.29, 0.717) is 16.7 Å². The Kier molecular flexibility index (Phi) is 5.66. The van der Waals surface area contributed by atoms with Crippen molar-refractivity contribution < 1.29 is 9.18 Å². The minimum absolute atomic E-state index is 0.217. The van der Waals surface area contributed by atoms with Crippen LogP contribution in [0.25, 0.3) is 0 Å². The van der Waals surface area contributed by atoms with E-state index in [1.165, 1.54) is 12.5 Å². The standard InChI is InChI=1S/C19H29FN2O/c1-5-19(3,4)14-7-10-15(11-8-14)21-18(23)22-16-9-6-13(2)17(20)12-16/h6,9,12,14-15H,5,7-8,10-11H2,1-4H3,(H2,21,22,23). The van der Waals surface area contributed by atoms with Gasteiger partial charge in [-0.05, 0) is 61.6 Å². The first-order valence-corrected chi connectivity index (χ1v) is 8.65. The molecule has 0 heterocycles. The van der Waals surface area contributed by atoms with Crippen LogP contribution >= 0.6 is 0 Å². The number of aryl methyl sites for hydroxylation is 1. The Balaban J connectivity index is 1.82. The molecule has 0 aliphatic heterocycles. The summed E-state index contributed by atoms with van der Waals surface area (Å²) >= 11 is 0. The monoisotopic (exact) mass is 320 g/mol. The molecule has 4 heteroatoms. The summed E-state index contributed by atoms with van der Waals surface area (Å²) in [5, 5.41) is 5.74. The molecule has 1 aromatic carbocycles. The number of hydrogen-bond donors (Lipinski definition) is 2. The van der Waals surface area contributed by atoms with E-state index in [4.69, 9.17) is 0 Å². The topological polar surface area (TPSA) is 41.1 Å². The fourth-order valence-electron chi connectivity index (χ4n) is 3.33. The van der Waals surface area contributed by atoms with Gasteiger partial charge < -0.3 is 10.6 Å². The molecule has 1 aliphatic carbocycles. The summed E-state index contributed by atoms with van der Waals surface area (Å²) in [5.74, 6) is 0.435. The molecule has 128 valence electrons. The molecule has 0 bridgehead atoms. The number of carbonyl (C=O) groups excluding carboxylic acids is 1. The van der Waals surface area contributed by atoms with Crippen molar-refractivity contribution >= 4 is 11.7 Å². The van der Waals surface area contributed by atoms with Gasteiger partial charge in [0.2, 0.25) is 0 Å². The molecule has 1 aliphatic rings. The number of amides is 2. The van der Waals surface area contributed by atoms with Gasteiger partial charge in [0, 0.05) is 11.7 Å². The van der Waals surface area contributed by atoms with E-state index in [0.717, 1.165) is 31.6 Å². The number of anilines is 1. The Morgan fingerprint density at radius 2 is 1.91 bits per heavy atom. The maximum atomic E-state index is 13.5. The molecule has 0 atom stereocenters. The fourth-order valence-corrected chi connectivity index (χ4v) is 3.33. The molecule has 1 aromatic rings. The number of hydrogen-bond acceptors (Lipinski definition) is 1. The summed E-state index contributed by atoms with van der Waals surface area (Å²) in [6, 6.07) is 4.72. The van der Waals surface area contributed by atoms with Crippen LogP contribution in [0.2, 0.25) is 0 Å². The summed E-state index contributed by atoms with van der Waals surface area (Å²) in [4.78, 5) is 12.1. The molecule has 0 spiro atoms. The molecule has 2 N–H and O–H groups in total. The zero-order valence-corrected chi connectivity index (χ0v) is 14.7. The van der Waals surface area contributed by atoms with Crippen LogP contribution in [-0.4, -0.2) is 12.1 Å². The molecule has 0 unspecified atom stereocenters. The van der Waals surface area contributed by atoms with Crippen molar-refractivity contribution in [2.24, 2.45) is 11.3 Å². The summed E-state index contributed by atoms with van der Waals surface area (Å²) in [6.07, 6.45) is 5.54. The lowest BCUT2D eigenvalue weighted by molar-refractivity contribution is 0.139. The second kappa shape index (κ2) is 7.33. The zero-order valence-electron chi connectivity index (χ0n) is 14.7. The molecule has 2 rings (SSSR count). The highest BCUT2D eigenvalue weighted by atomic mass is 19.1. The van der Waals surface area contributed by atoms with E-state index in [-0.39, 0.29) is 17.9 Å². The molecule has 1 saturated carbocycles. The smallest absolute Gasteiger partial charge is 0.319 e. The lowest BCUT2D eigenvalue weighted by Crippen LogP contribution is -2.41. The molecular formula is C19H29FN2O. The van der Waals surface area contributed by atoms with Crippen LogP contribution in [0.1, 0.15) is 58.4 Å². The van der Waals surface area contributed by atoms with Crippen molar-refractivity contribution in [1.82, 2.24) is 5.32 Å². The second-order valence-electron chi connectivity index (χ2n) is 7.45. The normalized spacial score (nSPS) is 21.8. The SMILES string of the molecule is CCC(C)(C)C1CCC(NC(=O)Nc2ccc(C)c(F)c2)CC1. The molecule has 2 amide bonds. The lowest BCUT2D eigenvalue weighted by atomic mass is 9.69. The molecule has 1 fully saturated rings. The average molecular weight is 320 g/mol. The highest BCUT2D eigenvalue weighted by Gasteiger charge is 2.32. The first kappa shape index (κ1) is 17.8. The van der Waals surface area contributed by atoms with E-state index in [1.807, 2.05) is 0 Å². The predicted octanol–water partition coefficient (Wildman–Crippen LogP) is 5.25. The Hall–Kier alpha value is -1.58. The van der Waals surface area contributed by atoms with Crippen LogP contribution in [0.4, 0.5) is 14.9 Å². The molecular weight excluding hydrogens is 291 g/mol. The van der Waals surface area contributed by atoms with Gasteiger partial charge in [0.05, 0.1) is 0 Å². The number of urea groups is 1. The third kappa shape index (κ3) is 4.69. The number of carbonyl (C=O) groups is 1. The largest absolute Gasteiger partial charge is 0.335 e. The third-order valence-corrected chi connectivity index (χ3v) is 5.51. The maximum absolute atomic E-state index is 13.5. The van der Waals surface area contributed by atoms with Crippen molar-refractivity contribution in [3.8, 4) is 0 Å². The van der Waals surface area contributed by atoms with Crippen LogP contribution in [0, 0.1) is 24.1 Å². The first-order valence-electron chi connectivity index (χ1n) is 8.65. The number of rotatable bonds is 4. The van der Waals surface area contributed by atoms with Crippen molar-refractivity contribution in [2.45, 2.75) is 65.8 Å². The van der Waals surface area contributed by atoms with Crippen LogP contribution in [0.5, 0.6) is 0 Å². The van der Waals surface area contributed by atoms with E-state index in [2.05, 4.69) is 31.4 Å². The molecule has 0 radical (unpaired) electrons. The highest BCUT2D eigenvalue weighted by molar-refractivity contribution is 5.89. The first-order chi connectivity index (χ1) is 10.8. The van der Waals surface area contributed by atoms with E-state index in [1.54, 1.807) is 19.1 Å². The van der Waals surface area contributed by atoms with Gasteiger partial charge in [-0.15, -0.1) is 0 Å². The van der Waals surface area contributed by atoms with Crippen molar-refractivity contribution in [2.75, 3.05) is 5.32 Å². The Morgan fingerprint density at radius 3 is 2.48 bits per heavy atom. The van der Waals surface area contributed by atoms with E-state index < -0.39 is 0 Å². The Morgan fingerprint density at radius 1 is 1.26 bits per heavy atom. The molecule has 23 heavy (non-hydrogen) atoms. The minimum Gasteiger partial charge on any atom is -0.335 e. The number of nitrogens with one attached hydrogen (secondary N) is 2. The maximum Gasteiger partial charge on any atom is 0.319 e. The fraction of sp³-hybridized carbons (Fsp3) is 0.632. The van der Waals surface area contributed by atoms with Gasteiger partial charge in [-0.1, -0.05) is 33.3 Å². The van der Waals surface area contributed by atoms with Crippen molar-refractivity contribution in [3.63, 3.8) is 0 Å². The van der Waals surface area contributed by atoms with Gasteiger partial charge >= 0.3 is 6.03 Å². The van der Waals surface area contributed by atoms with E-state index >= 15 is 0 Å². The second-order valence-corrected chi connectivity index (χ2v) is 7.45. The number of halogens is 1. The van der Waals surface area contributed by atoms with Gasteiger partial charge in [-0.3, -0.25) is 0 Å². The van der Waals surface area contributed by atoms with Gasteiger partial charge in [0.1, 0.15) is 5.82 Å². The quantitative estimate of drug-likeness (QED) is 0.781. The van der Waals surface area contributed by atoms with Crippen LogP contribution < -0.4 is 10.6 Å². The van der Waals surface area contributed by atoms with Crippen LogP contribution in [0.15, 0.2) is 18.2 Å². The van der Waals surface area contributed by atoms with Crippen LogP contribution in [0.3, 0.4) is 0 Å². The average Bonchev–Trinajstić information content (AvgIpc) is 2.51. The van der Waals surface area contributed by atoms with E-state index in [9.17, 15) is 9.18 Å². The summed E-state index contributed by atoms with van der Waals surface area (Å²) in [5.41, 5.74) is 1.45. The Labute approximate surface area is 139 Å². The van der Waals surface area contributed by atoms with Gasteiger partial charge in [-0.2, -0.15) is 0 Å². The number of benzene rings is 1. The van der Waals surface area contributed by atoms with Crippen molar-refractivity contribution in [1.29, 1.82) is 0 Å². The Bertz CT molecular complexity index is 548. The zero-order chi connectivity index (χ0) is 17.0. The van der Waals surface area contributed by atoms with Crippen LogP contribution in [-0.2, 0) is 0 Å². The summed E-state index contributed by atoms with van der Waals surface area (Å²) in [6.45, 7) is 8.63. The minimum atomic E-state index is -0.301. The lowest BCUT2D eigenvalue weighted by Gasteiger charge is -2.39. The van der Waals surface area contributed by atoms with Gasteiger partial charge in [0.15, 0.2) is 0 Å². The summed E-state index contributed by atoms with van der Waals surface area (Å²) < 4.78 is 13.5. The highest BCUT2D eigenvalue weighted by Crippen LogP contribution is 2.40. The predicted molar refractivity (Wildman–Crippen MR) is 93.1 cm³/mol. The summed E-state index contributed by atoms with van der Waals surface area (Å²) in [7, 11) is 0. The molecule has 3 nitrogen and oxygen atoms in total. The molecule has 0 aromatic heterocycles. The van der Waals surface area contributed by atoms with Gasteiger partial charge in [-0.25, -0.2) is 9.18 Å². The third-order valence-electron chi connectivity index (χ3n) is 5.51.